The molecule has 0 bridgehead atoms. The van der Waals surface area contributed by atoms with Crippen molar-refractivity contribution in [2.24, 2.45) is 0 Å². The highest BCUT2D eigenvalue weighted by atomic mass is 16.5. The Balaban J connectivity index is 1.74. The highest BCUT2D eigenvalue weighted by Crippen LogP contribution is 2.43. The third-order valence-corrected chi connectivity index (χ3v) is 5.66. The smallest absolute Gasteiger partial charge is 0.238 e. The van der Waals surface area contributed by atoms with Gasteiger partial charge >= 0.3 is 0 Å². The number of methoxy groups -OCH3 is 1. The fourth-order valence-electron chi connectivity index (χ4n) is 4.00. The predicted molar refractivity (Wildman–Crippen MR) is 123 cm³/mol. The van der Waals surface area contributed by atoms with Gasteiger partial charge in [-0.1, -0.05) is 0 Å². The number of phenolic OH excluding ortho intramolecular Hbond substituents is 4. The van der Waals surface area contributed by atoms with Crippen molar-refractivity contribution in [3.63, 3.8) is 0 Å². The number of fused-ring (bicyclic) bond motifs is 2. The van der Waals surface area contributed by atoms with Crippen LogP contribution >= 0.6 is 0 Å². The highest BCUT2D eigenvalue weighted by molar-refractivity contribution is 5.96. The van der Waals surface area contributed by atoms with Gasteiger partial charge < -0.3 is 39.1 Å². The molecule has 0 saturated heterocycles. The molecule has 0 unspecified atom stereocenters. The van der Waals surface area contributed by atoms with E-state index in [4.69, 9.17) is 13.6 Å². The van der Waals surface area contributed by atoms with Gasteiger partial charge in [-0.25, -0.2) is 0 Å². The van der Waals surface area contributed by atoms with Gasteiger partial charge in [-0.15, -0.1) is 0 Å². The van der Waals surface area contributed by atoms with E-state index in [2.05, 4.69) is 0 Å². The maximum atomic E-state index is 12.7. The van der Waals surface area contributed by atoms with Crippen molar-refractivity contribution in [2.75, 3.05) is 7.11 Å². The summed E-state index contributed by atoms with van der Waals surface area (Å²) < 4.78 is 16.7. The van der Waals surface area contributed by atoms with Gasteiger partial charge in [-0.3, -0.25) is 4.79 Å². The summed E-state index contributed by atoms with van der Waals surface area (Å²) in [5.41, 5.74) is 0.530. The Morgan fingerprint density at radius 1 is 0.794 bits per heavy atom. The molecule has 2 aromatic heterocycles. The molecule has 0 aliphatic carbocycles. The van der Waals surface area contributed by atoms with Gasteiger partial charge in [-0.2, -0.15) is 0 Å². The normalized spacial score (nSPS) is 11.4. The minimum Gasteiger partial charge on any atom is -0.508 e. The first-order valence-corrected chi connectivity index (χ1v) is 10.0. The molecule has 5 aromatic rings. The third-order valence-electron chi connectivity index (χ3n) is 5.66. The number of hydrogen-bond acceptors (Lipinski definition) is 9. The van der Waals surface area contributed by atoms with Crippen LogP contribution in [0.15, 0.2) is 56.1 Å². The van der Waals surface area contributed by atoms with Crippen molar-refractivity contribution in [2.45, 2.75) is 6.92 Å². The SMILES string of the molecule is COc1cc(-c2oc3c(O)cc(-c4oc5cc(O)cc(O)c5c(=O)c4O)cc3c2C)ccc1O. The van der Waals surface area contributed by atoms with Crippen LogP contribution in [0.1, 0.15) is 5.56 Å². The second kappa shape index (κ2) is 7.38. The van der Waals surface area contributed by atoms with Crippen LogP contribution in [0.25, 0.3) is 44.6 Å². The average molecular weight is 462 g/mol. The summed E-state index contributed by atoms with van der Waals surface area (Å²) in [6, 6.07) is 9.61. The Kier molecular flexibility index (Phi) is 4.57. The van der Waals surface area contributed by atoms with Gasteiger partial charge in [0.05, 0.1) is 7.11 Å². The van der Waals surface area contributed by atoms with E-state index in [0.717, 1.165) is 12.1 Å². The van der Waals surface area contributed by atoms with E-state index >= 15 is 0 Å². The Hall–Kier alpha value is -4.79. The van der Waals surface area contributed by atoms with Crippen molar-refractivity contribution < 1.29 is 39.1 Å². The van der Waals surface area contributed by atoms with Gasteiger partial charge in [-0.05, 0) is 37.3 Å². The molecule has 0 radical (unpaired) electrons. The first-order chi connectivity index (χ1) is 16.2. The van der Waals surface area contributed by atoms with Gasteiger partial charge in [0.2, 0.25) is 11.2 Å². The van der Waals surface area contributed by atoms with Crippen LogP contribution in [0.2, 0.25) is 0 Å². The predicted octanol–water partition coefficient (Wildman–Crippen LogP) is 4.72. The van der Waals surface area contributed by atoms with E-state index in [-0.39, 0.29) is 50.9 Å². The molecular weight excluding hydrogens is 444 g/mol. The van der Waals surface area contributed by atoms with E-state index in [1.165, 1.54) is 19.2 Å². The lowest BCUT2D eigenvalue weighted by Crippen LogP contribution is -2.03. The topological polar surface area (TPSA) is 154 Å². The molecule has 0 spiro atoms. The quantitative estimate of drug-likeness (QED) is 0.256. The number of benzene rings is 3. The van der Waals surface area contributed by atoms with Crippen molar-refractivity contribution in [3.8, 4) is 57.1 Å². The van der Waals surface area contributed by atoms with Crippen molar-refractivity contribution in [1.82, 2.24) is 0 Å². The van der Waals surface area contributed by atoms with E-state index in [1.807, 2.05) is 0 Å². The van der Waals surface area contributed by atoms with E-state index in [0.29, 0.717) is 22.3 Å². The molecule has 34 heavy (non-hydrogen) atoms. The molecule has 2 heterocycles. The van der Waals surface area contributed by atoms with Crippen molar-refractivity contribution >= 4 is 21.9 Å². The fourth-order valence-corrected chi connectivity index (χ4v) is 4.00. The number of ether oxygens (including phenoxy) is 1. The zero-order valence-corrected chi connectivity index (χ0v) is 17.9. The zero-order valence-electron chi connectivity index (χ0n) is 17.9. The summed E-state index contributed by atoms with van der Waals surface area (Å²) in [6.45, 7) is 1.76. The minimum atomic E-state index is -0.894. The van der Waals surface area contributed by atoms with Crippen LogP contribution in [0.3, 0.4) is 0 Å². The number of aryl methyl sites for hydroxylation is 1. The number of aromatic hydroxyl groups is 5. The first-order valence-electron chi connectivity index (χ1n) is 10.0. The van der Waals surface area contributed by atoms with Crippen LogP contribution in [-0.2, 0) is 0 Å². The number of phenols is 4. The maximum absolute atomic E-state index is 12.7. The molecule has 0 fully saturated rings. The molecule has 5 N–H and O–H groups in total. The summed E-state index contributed by atoms with van der Waals surface area (Å²) in [4.78, 5) is 12.7. The lowest BCUT2D eigenvalue weighted by atomic mass is 10.0. The summed E-state index contributed by atoms with van der Waals surface area (Å²) >= 11 is 0. The molecule has 9 nitrogen and oxygen atoms in total. The average Bonchev–Trinajstić information content (AvgIpc) is 3.13. The summed E-state index contributed by atoms with van der Waals surface area (Å²) in [5, 5.41) is 51.0. The molecule has 5 rings (SSSR count). The lowest BCUT2D eigenvalue weighted by molar-refractivity contribution is 0.373. The Bertz CT molecular complexity index is 1670. The first kappa shape index (κ1) is 21.1. The standard InChI is InChI=1S/C25H18O9/c1-10-14-5-12(24-22(31)21(30)20-16(28)8-13(26)9-19(20)33-24)6-17(29)25(14)34-23(10)11-3-4-15(27)18(7-11)32-2/h3-9,26-29,31H,1-2H3. The summed E-state index contributed by atoms with van der Waals surface area (Å²) in [6.07, 6.45) is 0. The summed E-state index contributed by atoms with van der Waals surface area (Å²) in [5.74, 6) is -1.54. The van der Waals surface area contributed by atoms with Gasteiger partial charge in [0.25, 0.3) is 0 Å². The second-order valence-electron chi connectivity index (χ2n) is 7.76. The van der Waals surface area contributed by atoms with Crippen LogP contribution in [0.5, 0.6) is 34.5 Å². The minimum absolute atomic E-state index is 0.0379. The molecule has 0 saturated carbocycles. The van der Waals surface area contributed by atoms with Crippen molar-refractivity contribution in [1.29, 1.82) is 0 Å². The zero-order chi connectivity index (χ0) is 24.3. The van der Waals surface area contributed by atoms with Gasteiger partial charge in [0.1, 0.15) is 28.2 Å². The Morgan fingerprint density at radius 3 is 2.29 bits per heavy atom. The van der Waals surface area contributed by atoms with E-state index in [9.17, 15) is 30.3 Å². The second-order valence-corrected chi connectivity index (χ2v) is 7.76. The molecule has 0 aliphatic heterocycles. The van der Waals surface area contributed by atoms with Crippen LogP contribution < -0.4 is 10.2 Å². The largest absolute Gasteiger partial charge is 0.508 e. The van der Waals surface area contributed by atoms with Gasteiger partial charge in [0.15, 0.2) is 28.6 Å². The monoisotopic (exact) mass is 462 g/mol. The molecule has 0 amide bonds. The maximum Gasteiger partial charge on any atom is 0.238 e. The van der Waals surface area contributed by atoms with Crippen LogP contribution in [-0.4, -0.2) is 32.6 Å². The van der Waals surface area contributed by atoms with E-state index < -0.39 is 16.9 Å². The molecule has 9 heteroatoms. The van der Waals surface area contributed by atoms with Crippen LogP contribution in [0, 0.1) is 6.92 Å². The fraction of sp³-hybridized carbons (Fsp3) is 0.0800. The Labute approximate surface area is 190 Å². The number of hydrogen-bond donors (Lipinski definition) is 5. The highest BCUT2D eigenvalue weighted by Gasteiger charge is 2.22. The van der Waals surface area contributed by atoms with Crippen LogP contribution in [0.4, 0.5) is 0 Å². The lowest BCUT2D eigenvalue weighted by Gasteiger charge is -2.08. The third kappa shape index (κ3) is 3.06. The molecule has 0 atom stereocenters. The molecule has 172 valence electrons. The molecular formula is C25H18O9. The molecule has 0 aliphatic rings. The van der Waals surface area contributed by atoms with Gasteiger partial charge in [0, 0.05) is 34.2 Å². The summed E-state index contributed by atoms with van der Waals surface area (Å²) in [7, 11) is 1.42. The molecule has 3 aromatic carbocycles. The van der Waals surface area contributed by atoms with Crippen molar-refractivity contribution in [3.05, 3.63) is 58.3 Å². The number of rotatable bonds is 3. The van der Waals surface area contributed by atoms with E-state index in [1.54, 1.807) is 25.1 Å². The Morgan fingerprint density at radius 2 is 1.56 bits per heavy atom. The number of furan rings is 1.